The predicted octanol–water partition coefficient (Wildman–Crippen LogP) is 1.24. The van der Waals surface area contributed by atoms with Gasteiger partial charge in [-0.1, -0.05) is 6.07 Å². The van der Waals surface area contributed by atoms with E-state index >= 15 is 0 Å². The van der Waals surface area contributed by atoms with Gasteiger partial charge in [0, 0.05) is 44.2 Å². The second-order valence-electron chi connectivity index (χ2n) is 5.70. The summed E-state index contributed by atoms with van der Waals surface area (Å²) in [5.74, 6) is -0.534. The highest BCUT2D eigenvalue weighted by atomic mass is 19.1. The van der Waals surface area contributed by atoms with Crippen molar-refractivity contribution in [1.82, 2.24) is 9.80 Å². The molecule has 2 rings (SSSR count). The van der Waals surface area contributed by atoms with E-state index in [1.807, 2.05) is 6.92 Å². The molecule has 6 heteroatoms. The molecule has 1 fully saturated rings. The van der Waals surface area contributed by atoms with Crippen LogP contribution < -0.4 is 5.73 Å². The Bertz CT molecular complexity index is 540. The molecule has 1 atom stereocenters. The molecule has 0 aliphatic carbocycles. The van der Waals surface area contributed by atoms with Crippen molar-refractivity contribution in [3.8, 4) is 0 Å². The van der Waals surface area contributed by atoms with E-state index in [4.69, 9.17) is 5.73 Å². The van der Waals surface area contributed by atoms with Crippen LogP contribution in [0.1, 0.15) is 30.1 Å². The predicted molar refractivity (Wildman–Crippen MR) is 81.8 cm³/mol. The van der Waals surface area contributed by atoms with E-state index in [9.17, 15) is 14.0 Å². The average molecular weight is 307 g/mol. The van der Waals surface area contributed by atoms with E-state index in [1.165, 1.54) is 18.2 Å². The molecule has 0 aromatic heterocycles. The van der Waals surface area contributed by atoms with Crippen molar-refractivity contribution in [3.05, 3.63) is 35.6 Å². The zero-order valence-corrected chi connectivity index (χ0v) is 12.8. The Balaban J connectivity index is 1.86. The lowest BCUT2D eigenvalue weighted by molar-refractivity contribution is -0.132. The first kappa shape index (κ1) is 16.4. The van der Waals surface area contributed by atoms with Crippen molar-refractivity contribution in [2.45, 2.75) is 25.8 Å². The minimum absolute atomic E-state index is 0.0137. The molecule has 120 valence electrons. The molecule has 1 aromatic carbocycles. The second-order valence-corrected chi connectivity index (χ2v) is 5.70. The van der Waals surface area contributed by atoms with Gasteiger partial charge in [0.05, 0.1) is 0 Å². The first-order chi connectivity index (χ1) is 10.5. The van der Waals surface area contributed by atoms with E-state index in [0.29, 0.717) is 44.6 Å². The van der Waals surface area contributed by atoms with Crippen LogP contribution in [0.2, 0.25) is 0 Å². The highest BCUT2D eigenvalue weighted by Crippen LogP contribution is 2.11. The van der Waals surface area contributed by atoms with Crippen molar-refractivity contribution in [2.24, 2.45) is 5.73 Å². The van der Waals surface area contributed by atoms with E-state index in [2.05, 4.69) is 0 Å². The van der Waals surface area contributed by atoms with Crippen LogP contribution in [0.3, 0.4) is 0 Å². The number of benzene rings is 1. The fraction of sp³-hybridized carbons (Fsp3) is 0.500. The molecule has 1 unspecified atom stereocenters. The van der Waals surface area contributed by atoms with Crippen LogP contribution in [0.4, 0.5) is 4.39 Å². The first-order valence-corrected chi connectivity index (χ1v) is 7.55. The minimum Gasteiger partial charge on any atom is -0.339 e. The van der Waals surface area contributed by atoms with Gasteiger partial charge >= 0.3 is 0 Å². The maximum atomic E-state index is 13.2. The lowest BCUT2D eigenvalue weighted by Crippen LogP contribution is -2.50. The zero-order valence-electron chi connectivity index (χ0n) is 12.8. The standard InChI is InChI=1S/C16H22FN3O2/c1-12(18)5-6-15(21)19-7-9-20(10-8-19)16(22)13-3-2-4-14(17)11-13/h2-4,11-12H,5-10,18H2,1H3. The molecule has 0 radical (unpaired) electrons. The molecule has 2 N–H and O–H groups in total. The molecule has 1 heterocycles. The van der Waals surface area contributed by atoms with Crippen molar-refractivity contribution in [3.63, 3.8) is 0 Å². The third kappa shape index (κ3) is 4.27. The Morgan fingerprint density at radius 1 is 1.23 bits per heavy atom. The van der Waals surface area contributed by atoms with E-state index < -0.39 is 5.82 Å². The molecule has 0 bridgehead atoms. The van der Waals surface area contributed by atoms with Crippen LogP contribution in [-0.2, 0) is 4.79 Å². The van der Waals surface area contributed by atoms with Gasteiger partial charge in [-0.3, -0.25) is 9.59 Å². The zero-order chi connectivity index (χ0) is 16.1. The van der Waals surface area contributed by atoms with Gasteiger partial charge in [0.2, 0.25) is 5.91 Å². The van der Waals surface area contributed by atoms with Crippen LogP contribution >= 0.6 is 0 Å². The fourth-order valence-electron chi connectivity index (χ4n) is 2.47. The SMILES string of the molecule is CC(N)CCC(=O)N1CCN(C(=O)c2cccc(F)c2)CC1. The molecule has 2 amide bonds. The summed E-state index contributed by atoms with van der Waals surface area (Å²) in [6.07, 6.45) is 1.11. The summed E-state index contributed by atoms with van der Waals surface area (Å²) in [6, 6.07) is 5.69. The summed E-state index contributed by atoms with van der Waals surface area (Å²) in [5, 5.41) is 0. The average Bonchev–Trinajstić information content (AvgIpc) is 2.52. The maximum absolute atomic E-state index is 13.2. The number of hydrogen-bond acceptors (Lipinski definition) is 3. The number of nitrogens with zero attached hydrogens (tertiary/aromatic N) is 2. The van der Waals surface area contributed by atoms with Gasteiger partial charge in [-0.05, 0) is 31.5 Å². The summed E-state index contributed by atoms with van der Waals surface area (Å²) in [6.45, 7) is 3.85. The van der Waals surface area contributed by atoms with Crippen molar-refractivity contribution >= 4 is 11.8 Å². The lowest BCUT2D eigenvalue weighted by atomic mass is 10.1. The smallest absolute Gasteiger partial charge is 0.254 e. The minimum atomic E-state index is -0.421. The normalized spacial score (nSPS) is 16.5. The van der Waals surface area contributed by atoms with Gasteiger partial charge in [0.15, 0.2) is 0 Å². The summed E-state index contributed by atoms with van der Waals surface area (Å²) < 4.78 is 13.2. The van der Waals surface area contributed by atoms with Crippen molar-refractivity contribution in [1.29, 1.82) is 0 Å². The Morgan fingerprint density at radius 3 is 2.45 bits per heavy atom. The second kappa shape index (κ2) is 7.35. The highest BCUT2D eigenvalue weighted by molar-refractivity contribution is 5.94. The van der Waals surface area contributed by atoms with Crippen LogP contribution in [0.5, 0.6) is 0 Å². The Kier molecular flexibility index (Phi) is 5.49. The van der Waals surface area contributed by atoms with Gasteiger partial charge < -0.3 is 15.5 Å². The molecule has 0 saturated carbocycles. The number of carbonyl (C=O) groups is 2. The number of halogens is 1. The fourth-order valence-corrected chi connectivity index (χ4v) is 2.47. The van der Waals surface area contributed by atoms with Gasteiger partial charge in [-0.15, -0.1) is 0 Å². The quantitative estimate of drug-likeness (QED) is 0.910. The number of carbonyl (C=O) groups excluding carboxylic acids is 2. The summed E-state index contributed by atoms with van der Waals surface area (Å²) in [7, 11) is 0. The molecule has 1 aliphatic heterocycles. The Labute approximate surface area is 129 Å². The number of hydrogen-bond donors (Lipinski definition) is 1. The van der Waals surface area contributed by atoms with E-state index in [-0.39, 0.29) is 17.9 Å². The van der Waals surface area contributed by atoms with Crippen LogP contribution in [0.15, 0.2) is 24.3 Å². The van der Waals surface area contributed by atoms with Crippen molar-refractivity contribution < 1.29 is 14.0 Å². The van der Waals surface area contributed by atoms with Gasteiger partial charge in [-0.25, -0.2) is 4.39 Å². The van der Waals surface area contributed by atoms with Gasteiger partial charge in [0.1, 0.15) is 5.82 Å². The molecular weight excluding hydrogens is 285 g/mol. The number of rotatable bonds is 4. The number of piperazine rings is 1. The first-order valence-electron chi connectivity index (χ1n) is 7.55. The molecule has 1 aromatic rings. The van der Waals surface area contributed by atoms with Gasteiger partial charge in [-0.2, -0.15) is 0 Å². The molecule has 5 nitrogen and oxygen atoms in total. The maximum Gasteiger partial charge on any atom is 0.254 e. The summed E-state index contributed by atoms with van der Waals surface area (Å²) in [5.41, 5.74) is 6.00. The number of amides is 2. The highest BCUT2D eigenvalue weighted by Gasteiger charge is 2.24. The largest absolute Gasteiger partial charge is 0.339 e. The molecular formula is C16H22FN3O2. The van der Waals surface area contributed by atoms with Crippen LogP contribution in [0.25, 0.3) is 0 Å². The Hall–Kier alpha value is -1.95. The lowest BCUT2D eigenvalue weighted by Gasteiger charge is -2.35. The van der Waals surface area contributed by atoms with Crippen molar-refractivity contribution in [2.75, 3.05) is 26.2 Å². The van der Waals surface area contributed by atoms with Gasteiger partial charge in [0.25, 0.3) is 5.91 Å². The number of nitrogens with two attached hydrogens (primary N) is 1. The summed E-state index contributed by atoms with van der Waals surface area (Å²) in [4.78, 5) is 27.7. The molecule has 1 aliphatic rings. The van der Waals surface area contributed by atoms with E-state index in [0.717, 1.165) is 0 Å². The summed E-state index contributed by atoms with van der Waals surface area (Å²) >= 11 is 0. The van der Waals surface area contributed by atoms with Crippen LogP contribution in [-0.4, -0.2) is 53.8 Å². The van der Waals surface area contributed by atoms with E-state index in [1.54, 1.807) is 15.9 Å². The Morgan fingerprint density at radius 2 is 1.86 bits per heavy atom. The monoisotopic (exact) mass is 307 g/mol. The topological polar surface area (TPSA) is 66.6 Å². The third-order valence-electron chi connectivity index (χ3n) is 3.80. The third-order valence-corrected chi connectivity index (χ3v) is 3.80. The molecule has 0 spiro atoms. The molecule has 22 heavy (non-hydrogen) atoms. The molecule has 1 saturated heterocycles. The van der Waals surface area contributed by atoms with Crippen LogP contribution in [0, 0.1) is 5.82 Å².